The molecule has 7 heteroatoms. The monoisotopic (exact) mass is 474 g/mol. The summed E-state index contributed by atoms with van der Waals surface area (Å²) >= 11 is 1.68. The third-order valence-corrected chi connectivity index (χ3v) is 4.30. The number of hydrogen-bond donors (Lipinski definition) is 2. The first-order valence-corrected chi connectivity index (χ1v) is 9.20. The van der Waals surface area contributed by atoms with Crippen molar-refractivity contribution in [3.05, 3.63) is 40.2 Å². The van der Waals surface area contributed by atoms with Crippen molar-refractivity contribution < 1.29 is 4.74 Å². The van der Waals surface area contributed by atoms with Crippen molar-refractivity contribution in [1.29, 1.82) is 0 Å². The van der Waals surface area contributed by atoms with Crippen molar-refractivity contribution in [2.75, 3.05) is 26.3 Å². The maximum Gasteiger partial charge on any atom is 0.188 e. The molecule has 0 spiro atoms. The number of ether oxygens (including phenoxy) is 1. The number of benzene rings is 1. The summed E-state index contributed by atoms with van der Waals surface area (Å²) in [5, 5.41) is 6.33. The molecular weight excluding hydrogens is 447 g/mol. The van der Waals surface area contributed by atoms with Gasteiger partial charge in [0.1, 0.15) is 0 Å². The van der Waals surface area contributed by atoms with E-state index in [9.17, 15) is 0 Å². The van der Waals surface area contributed by atoms with Gasteiger partial charge in [-0.25, -0.2) is 4.98 Å². The van der Waals surface area contributed by atoms with Crippen LogP contribution in [0.1, 0.15) is 23.9 Å². The number of nitrogens with two attached hydrogens (primary N) is 1. The number of thiazole rings is 1. The largest absolute Gasteiger partial charge is 0.382 e. The predicted octanol–water partition coefficient (Wildman–Crippen LogP) is 3.61. The summed E-state index contributed by atoms with van der Waals surface area (Å²) in [7, 11) is 0. The van der Waals surface area contributed by atoms with Gasteiger partial charge in [-0.3, -0.25) is 4.99 Å². The number of nitrogens with zero attached hydrogens (tertiary/aromatic N) is 2. The van der Waals surface area contributed by atoms with Gasteiger partial charge < -0.3 is 15.8 Å². The SMILES string of the molecule is CCOCCCN=C(N)NCCc1ccc(-c2csc(C)n2)cc1.I. The summed E-state index contributed by atoms with van der Waals surface area (Å²) in [5.74, 6) is 0.501. The molecule has 25 heavy (non-hydrogen) atoms. The average molecular weight is 474 g/mol. The lowest BCUT2D eigenvalue weighted by atomic mass is 10.1. The summed E-state index contributed by atoms with van der Waals surface area (Å²) < 4.78 is 5.26. The third-order valence-electron chi connectivity index (χ3n) is 3.52. The molecular formula is C18H27IN4OS. The van der Waals surface area contributed by atoms with Crippen molar-refractivity contribution in [1.82, 2.24) is 10.3 Å². The zero-order chi connectivity index (χ0) is 17.2. The Morgan fingerprint density at radius 3 is 2.72 bits per heavy atom. The van der Waals surface area contributed by atoms with Gasteiger partial charge in [0.15, 0.2) is 5.96 Å². The minimum Gasteiger partial charge on any atom is -0.382 e. The highest BCUT2D eigenvalue weighted by molar-refractivity contribution is 14.0. The molecule has 138 valence electrons. The highest BCUT2D eigenvalue weighted by Crippen LogP contribution is 2.21. The average Bonchev–Trinajstić information content (AvgIpc) is 3.02. The highest BCUT2D eigenvalue weighted by atomic mass is 127. The molecule has 0 bridgehead atoms. The van der Waals surface area contributed by atoms with Crippen LogP contribution in [0.15, 0.2) is 34.6 Å². The molecule has 0 fully saturated rings. The van der Waals surface area contributed by atoms with Gasteiger partial charge in [-0.15, -0.1) is 35.3 Å². The Morgan fingerprint density at radius 2 is 2.08 bits per heavy atom. The summed E-state index contributed by atoms with van der Waals surface area (Å²) in [6.45, 7) is 6.97. The highest BCUT2D eigenvalue weighted by Gasteiger charge is 2.02. The summed E-state index contributed by atoms with van der Waals surface area (Å²) in [4.78, 5) is 8.79. The maximum absolute atomic E-state index is 5.85. The number of halogens is 1. The van der Waals surface area contributed by atoms with E-state index >= 15 is 0 Å². The van der Waals surface area contributed by atoms with Crippen LogP contribution in [0.3, 0.4) is 0 Å². The number of nitrogens with one attached hydrogen (secondary N) is 1. The van der Waals surface area contributed by atoms with E-state index in [4.69, 9.17) is 10.5 Å². The molecule has 0 radical (unpaired) electrons. The van der Waals surface area contributed by atoms with Gasteiger partial charge in [0.05, 0.1) is 10.7 Å². The first kappa shape index (κ1) is 21.9. The van der Waals surface area contributed by atoms with E-state index in [0.29, 0.717) is 12.5 Å². The van der Waals surface area contributed by atoms with E-state index in [-0.39, 0.29) is 24.0 Å². The first-order chi connectivity index (χ1) is 11.7. The van der Waals surface area contributed by atoms with Gasteiger partial charge in [-0.2, -0.15) is 0 Å². The summed E-state index contributed by atoms with van der Waals surface area (Å²) in [6.07, 6.45) is 1.80. The molecule has 1 heterocycles. The fraction of sp³-hybridized carbons (Fsp3) is 0.444. The lowest BCUT2D eigenvalue weighted by Gasteiger charge is -2.06. The van der Waals surface area contributed by atoms with Crippen LogP contribution in [0, 0.1) is 6.92 Å². The van der Waals surface area contributed by atoms with Crippen LogP contribution < -0.4 is 11.1 Å². The molecule has 0 aliphatic heterocycles. The second kappa shape index (κ2) is 12.2. The second-order valence-electron chi connectivity index (χ2n) is 5.44. The molecule has 2 aromatic rings. The minimum absolute atomic E-state index is 0. The Hall–Kier alpha value is -1.19. The fourth-order valence-electron chi connectivity index (χ4n) is 2.24. The lowest BCUT2D eigenvalue weighted by molar-refractivity contribution is 0.146. The number of aromatic nitrogens is 1. The van der Waals surface area contributed by atoms with Crippen molar-refractivity contribution in [3.63, 3.8) is 0 Å². The molecule has 0 unspecified atom stereocenters. The molecule has 3 N–H and O–H groups in total. The van der Waals surface area contributed by atoms with E-state index in [2.05, 4.69) is 44.9 Å². The zero-order valence-electron chi connectivity index (χ0n) is 14.8. The Kier molecular flexibility index (Phi) is 10.7. The normalized spacial score (nSPS) is 11.2. The van der Waals surface area contributed by atoms with Crippen molar-refractivity contribution in [3.8, 4) is 11.3 Å². The maximum atomic E-state index is 5.85. The van der Waals surface area contributed by atoms with Crippen LogP contribution in [-0.2, 0) is 11.2 Å². The molecule has 1 aromatic carbocycles. The third kappa shape index (κ3) is 8.15. The Labute approximate surface area is 171 Å². The fourth-order valence-corrected chi connectivity index (χ4v) is 2.86. The van der Waals surface area contributed by atoms with Crippen LogP contribution in [-0.4, -0.2) is 37.2 Å². The van der Waals surface area contributed by atoms with Crippen molar-refractivity contribution in [2.45, 2.75) is 26.7 Å². The topological polar surface area (TPSA) is 72.5 Å². The number of aryl methyl sites for hydroxylation is 1. The Balaban J connectivity index is 0.00000312. The van der Waals surface area contributed by atoms with Gasteiger partial charge in [0.25, 0.3) is 0 Å². The van der Waals surface area contributed by atoms with Gasteiger partial charge in [0, 0.05) is 37.2 Å². The van der Waals surface area contributed by atoms with Gasteiger partial charge in [0.2, 0.25) is 0 Å². The lowest BCUT2D eigenvalue weighted by Crippen LogP contribution is -2.33. The molecule has 0 amide bonds. The number of aliphatic imine (C=N–C) groups is 1. The van der Waals surface area contributed by atoms with E-state index in [1.54, 1.807) is 11.3 Å². The Bertz CT molecular complexity index is 643. The first-order valence-electron chi connectivity index (χ1n) is 8.32. The van der Waals surface area contributed by atoms with Crippen LogP contribution in [0.25, 0.3) is 11.3 Å². The number of hydrogen-bond acceptors (Lipinski definition) is 4. The van der Waals surface area contributed by atoms with Gasteiger partial charge in [-0.1, -0.05) is 24.3 Å². The smallest absolute Gasteiger partial charge is 0.188 e. The van der Waals surface area contributed by atoms with E-state index in [1.807, 2.05) is 13.8 Å². The Morgan fingerprint density at radius 1 is 1.32 bits per heavy atom. The predicted molar refractivity (Wildman–Crippen MR) is 117 cm³/mol. The molecule has 0 saturated carbocycles. The molecule has 5 nitrogen and oxygen atoms in total. The molecule has 2 rings (SSSR count). The van der Waals surface area contributed by atoms with Gasteiger partial charge in [-0.05, 0) is 32.3 Å². The van der Waals surface area contributed by atoms with Crippen molar-refractivity contribution in [2.24, 2.45) is 10.7 Å². The zero-order valence-corrected chi connectivity index (χ0v) is 18.0. The quantitative estimate of drug-likeness (QED) is 0.252. The van der Waals surface area contributed by atoms with Gasteiger partial charge >= 0.3 is 0 Å². The van der Waals surface area contributed by atoms with Crippen molar-refractivity contribution >= 4 is 41.3 Å². The minimum atomic E-state index is 0. The molecule has 1 aromatic heterocycles. The van der Waals surface area contributed by atoms with Crippen LogP contribution in [0.5, 0.6) is 0 Å². The number of rotatable bonds is 9. The van der Waals surface area contributed by atoms with Crippen LogP contribution in [0.2, 0.25) is 0 Å². The molecule has 0 atom stereocenters. The van der Waals surface area contributed by atoms with Crippen LogP contribution >= 0.6 is 35.3 Å². The van der Waals surface area contributed by atoms with Crippen LogP contribution in [0.4, 0.5) is 0 Å². The van der Waals surface area contributed by atoms with E-state index in [1.165, 1.54) is 5.56 Å². The summed E-state index contributed by atoms with van der Waals surface area (Å²) in [6, 6.07) is 8.52. The van der Waals surface area contributed by atoms with E-state index in [0.717, 1.165) is 48.9 Å². The summed E-state index contributed by atoms with van der Waals surface area (Å²) in [5.41, 5.74) is 9.32. The number of guanidine groups is 1. The molecule has 0 aliphatic carbocycles. The second-order valence-corrected chi connectivity index (χ2v) is 6.51. The molecule has 0 aliphatic rings. The standard InChI is InChI=1S/C18H26N4OS.HI/c1-3-23-12-4-10-20-18(19)21-11-9-15-5-7-16(8-6-15)17-13-24-14(2)22-17;/h5-8,13H,3-4,9-12H2,1-2H3,(H3,19,20,21);1H. The molecule has 0 saturated heterocycles. The van der Waals surface area contributed by atoms with E-state index < -0.39 is 0 Å².